The van der Waals surface area contributed by atoms with Gasteiger partial charge in [0.1, 0.15) is 11.6 Å². The van der Waals surface area contributed by atoms with E-state index in [9.17, 15) is 14.4 Å². The normalized spacial score (nSPS) is 20.2. The van der Waals surface area contributed by atoms with Crippen molar-refractivity contribution in [3.8, 4) is 0 Å². The zero-order chi connectivity index (χ0) is 21.6. The summed E-state index contributed by atoms with van der Waals surface area (Å²) in [6, 6.07) is 14.5. The molecule has 2 fully saturated rings. The molecule has 1 aliphatic carbocycles. The van der Waals surface area contributed by atoms with Crippen molar-refractivity contribution in [1.82, 2.24) is 10.2 Å². The summed E-state index contributed by atoms with van der Waals surface area (Å²) in [6.45, 7) is 2.44. The van der Waals surface area contributed by atoms with Crippen molar-refractivity contribution in [1.29, 1.82) is 0 Å². The molecule has 7 nitrogen and oxygen atoms in total. The fourth-order valence-corrected chi connectivity index (χ4v) is 5.07. The molecule has 31 heavy (non-hydrogen) atoms. The lowest BCUT2D eigenvalue weighted by Gasteiger charge is -2.26. The summed E-state index contributed by atoms with van der Waals surface area (Å²) in [4.78, 5) is 42.0. The smallest absolute Gasteiger partial charge is 0.325 e. The first-order chi connectivity index (χ1) is 15.0. The van der Waals surface area contributed by atoms with E-state index in [1.165, 1.54) is 5.56 Å². The van der Waals surface area contributed by atoms with Crippen LogP contribution in [0.25, 0.3) is 0 Å². The van der Waals surface area contributed by atoms with Gasteiger partial charge in [-0.25, -0.2) is 9.69 Å². The molecule has 2 N–H and O–H groups in total. The molecular formula is C24H26N4O3. The predicted molar refractivity (Wildman–Crippen MR) is 118 cm³/mol. The van der Waals surface area contributed by atoms with E-state index in [1.807, 2.05) is 36.4 Å². The molecule has 3 aliphatic rings. The van der Waals surface area contributed by atoms with Gasteiger partial charge in [0, 0.05) is 12.2 Å². The summed E-state index contributed by atoms with van der Waals surface area (Å²) in [5.41, 5.74) is 3.16. The Morgan fingerprint density at radius 1 is 1.03 bits per heavy atom. The van der Waals surface area contributed by atoms with Gasteiger partial charge in [0.15, 0.2) is 0 Å². The van der Waals surface area contributed by atoms with Crippen molar-refractivity contribution in [3.05, 3.63) is 54.1 Å². The third kappa shape index (κ3) is 3.15. The second-order valence-electron chi connectivity index (χ2n) is 8.61. The number of hydrogen-bond donors (Lipinski definition) is 2. The molecule has 2 aliphatic heterocycles. The van der Waals surface area contributed by atoms with Crippen molar-refractivity contribution >= 4 is 34.9 Å². The Morgan fingerprint density at radius 3 is 2.48 bits per heavy atom. The SMILES string of the molecule is CC(C(=O)Nc1ccccc1N1CCc2ccccc21)N1C(=O)NC2(CCCC2)C1=O. The van der Waals surface area contributed by atoms with Gasteiger partial charge in [-0.2, -0.15) is 0 Å². The third-order valence-electron chi connectivity index (χ3n) is 6.76. The summed E-state index contributed by atoms with van der Waals surface area (Å²) < 4.78 is 0. The second kappa shape index (κ2) is 7.41. The maximum Gasteiger partial charge on any atom is 0.325 e. The number of benzene rings is 2. The number of nitrogens with zero attached hydrogens (tertiary/aromatic N) is 2. The van der Waals surface area contributed by atoms with Crippen LogP contribution in [0.3, 0.4) is 0 Å². The number of hydrogen-bond acceptors (Lipinski definition) is 4. The lowest BCUT2D eigenvalue weighted by atomic mass is 9.97. The number of amides is 4. The van der Waals surface area contributed by atoms with Crippen LogP contribution in [0.5, 0.6) is 0 Å². The molecule has 1 unspecified atom stereocenters. The monoisotopic (exact) mass is 418 g/mol. The minimum absolute atomic E-state index is 0.278. The van der Waals surface area contributed by atoms with Crippen LogP contribution in [-0.4, -0.2) is 40.9 Å². The van der Waals surface area contributed by atoms with Gasteiger partial charge in [0.25, 0.3) is 5.91 Å². The minimum Gasteiger partial charge on any atom is -0.339 e. The molecule has 0 aromatic heterocycles. The number of carbonyl (C=O) groups excluding carboxylic acids is 3. The highest BCUT2D eigenvalue weighted by molar-refractivity contribution is 6.11. The Labute approximate surface area is 181 Å². The summed E-state index contributed by atoms with van der Waals surface area (Å²) in [7, 11) is 0. The van der Waals surface area contributed by atoms with E-state index in [0.29, 0.717) is 18.5 Å². The molecule has 160 valence electrons. The van der Waals surface area contributed by atoms with Gasteiger partial charge in [-0.15, -0.1) is 0 Å². The van der Waals surface area contributed by atoms with Crippen molar-refractivity contribution in [2.45, 2.75) is 50.6 Å². The van der Waals surface area contributed by atoms with E-state index in [-0.39, 0.29) is 11.8 Å². The van der Waals surface area contributed by atoms with Crippen molar-refractivity contribution in [2.75, 3.05) is 16.8 Å². The molecule has 2 aromatic carbocycles. The van der Waals surface area contributed by atoms with E-state index in [4.69, 9.17) is 0 Å². The lowest BCUT2D eigenvalue weighted by Crippen LogP contribution is -2.48. The first-order valence-corrected chi connectivity index (χ1v) is 10.9. The van der Waals surface area contributed by atoms with Gasteiger partial charge in [-0.3, -0.25) is 9.59 Å². The van der Waals surface area contributed by atoms with Crippen LogP contribution in [0, 0.1) is 0 Å². The van der Waals surface area contributed by atoms with E-state index < -0.39 is 17.6 Å². The van der Waals surface area contributed by atoms with E-state index >= 15 is 0 Å². The standard InChI is InChI=1S/C24H26N4O3/c1-16(28-22(30)24(26-23(28)31)13-6-7-14-24)21(29)25-18-9-3-5-11-20(18)27-15-12-17-8-2-4-10-19(17)27/h2-5,8-11,16H,6-7,12-15H2,1H3,(H,25,29)(H,26,31). The number of urea groups is 1. The van der Waals surface area contributed by atoms with Gasteiger partial charge in [0.05, 0.1) is 11.4 Å². The summed E-state index contributed by atoms with van der Waals surface area (Å²) in [6.07, 6.45) is 4.04. The molecule has 2 aromatic rings. The lowest BCUT2D eigenvalue weighted by molar-refractivity contribution is -0.136. The highest BCUT2D eigenvalue weighted by atomic mass is 16.2. The van der Waals surface area contributed by atoms with Gasteiger partial charge in [-0.1, -0.05) is 43.2 Å². The number of para-hydroxylation sites is 3. The van der Waals surface area contributed by atoms with Crippen molar-refractivity contribution in [2.24, 2.45) is 0 Å². The Hall–Kier alpha value is -3.35. The average molecular weight is 418 g/mol. The fraction of sp³-hybridized carbons (Fsp3) is 0.375. The molecular weight excluding hydrogens is 392 g/mol. The summed E-state index contributed by atoms with van der Waals surface area (Å²) in [5.74, 6) is -0.655. The van der Waals surface area contributed by atoms with Gasteiger partial charge in [0.2, 0.25) is 5.91 Å². The third-order valence-corrected chi connectivity index (χ3v) is 6.76. The maximum absolute atomic E-state index is 13.1. The van der Waals surface area contributed by atoms with Crippen LogP contribution in [-0.2, 0) is 16.0 Å². The molecule has 0 radical (unpaired) electrons. The van der Waals surface area contributed by atoms with E-state index in [1.54, 1.807) is 6.92 Å². The van der Waals surface area contributed by atoms with Gasteiger partial charge >= 0.3 is 6.03 Å². The number of carbonyl (C=O) groups is 3. The first kappa shape index (κ1) is 19.6. The Kier molecular flexibility index (Phi) is 4.68. The number of rotatable bonds is 4. The van der Waals surface area contributed by atoms with Crippen LogP contribution in [0.2, 0.25) is 0 Å². The zero-order valence-corrected chi connectivity index (χ0v) is 17.6. The molecule has 1 saturated heterocycles. The molecule has 2 heterocycles. The van der Waals surface area contributed by atoms with Gasteiger partial charge < -0.3 is 15.5 Å². The molecule has 7 heteroatoms. The van der Waals surface area contributed by atoms with Crippen LogP contribution in [0.15, 0.2) is 48.5 Å². The molecule has 1 spiro atoms. The highest BCUT2D eigenvalue weighted by Crippen LogP contribution is 2.39. The second-order valence-corrected chi connectivity index (χ2v) is 8.61. The Morgan fingerprint density at radius 2 is 1.71 bits per heavy atom. The first-order valence-electron chi connectivity index (χ1n) is 10.9. The number of imide groups is 1. The Bertz CT molecular complexity index is 1060. The van der Waals surface area contributed by atoms with Crippen LogP contribution >= 0.6 is 0 Å². The van der Waals surface area contributed by atoms with E-state index in [2.05, 4.69) is 27.7 Å². The van der Waals surface area contributed by atoms with Crippen molar-refractivity contribution in [3.63, 3.8) is 0 Å². The highest BCUT2D eigenvalue weighted by Gasteiger charge is 2.54. The number of anilines is 3. The average Bonchev–Trinajstić information content (AvgIpc) is 3.47. The van der Waals surface area contributed by atoms with Crippen molar-refractivity contribution < 1.29 is 14.4 Å². The molecule has 4 amide bonds. The van der Waals surface area contributed by atoms with Crippen LogP contribution in [0.4, 0.5) is 21.9 Å². The maximum atomic E-state index is 13.1. The quantitative estimate of drug-likeness (QED) is 0.744. The van der Waals surface area contributed by atoms with Crippen LogP contribution in [0.1, 0.15) is 38.2 Å². The van der Waals surface area contributed by atoms with E-state index in [0.717, 1.165) is 42.1 Å². The molecule has 0 bridgehead atoms. The summed E-state index contributed by atoms with van der Waals surface area (Å²) >= 11 is 0. The van der Waals surface area contributed by atoms with Gasteiger partial charge in [-0.05, 0) is 49.9 Å². The molecule has 5 rings (SSSR count). The predicted octanol–water partition coefficient (Wildman–Crippen LogP) is 3.57. The Balaban J connectivity index is 1.37. The fourth-order valence-electron chi connectivity index (χ4n) is 5.07. The number of fused-ring (bicyclic) bond motifs is 1. The van der Waals surface area contributed by atoms with Crippen LogP contribution < -0.4 is 15.5 Å². The topological polar surface area (TPSA) is 81.8 Å². The summed E-state index contributed by atoms with van der Waals surface area (Å²) in [5, 5.41) is 5.81. The minimum atomic E-state index is -0.897. The number of nitrogens with one attached hydrogen (secondary N) is 2. The molecule has 1 atom stereocenters. The molecule has 1 saturated carbocycles. The largest absolute Gasteiger partial charge is 0.339 e. The zero-order valence-electron chi connectivity index (χ0n) is 17.6.